The maximum Gasteiger partial charge on any atom is 0.312 e. The van der Waals surface area contributed by atoms with Gasteiger partial charge in [0.25, 0.3) is 0 Å². The van der Waals surface area contributed by atoms with Gasteiger partial charge in [-0.3, -0.25) is 0 Å². The molecule has 0 fully saturated rings. The van der Waals surface area contributed by atoms with Gasteiger partial charge in [0.05, 0.1) is 0 Å². The van der Waals surface area contributed by atoms with Gasteiger partial charge in [-0.05, 0) is 25.0 Å². The molecular formula is C12H19N3O. The van der Waals surface area contributed by atoms with Gasteiger partial charge in [-0.1, -0.05) is 24.3 Å². The molecule has 0 radical (unpaired) electrons. The summed E-state index contributed by atoms with van der Waals surface area (Å²) < 4.78 is 0. The van der Waals surface area contributed by atoms with Crippen molar-refractivity contribution in [2.45, 2.75) is 19.9 Å². The molecule has 1 rings (SSSR count). The van der Waals surface area contributed by atoms with Gasteiger partial charge in [-0.2, -0.15) is 0 Å². The Bertz CT molecular complexity index is 352. The molecule has 0 aromatic heterocycles. The van der Waals surface area contributed by atoms with Crippen LogP contribution in [0.5, 0.6) is 0 Å². The molecule has 1 aromatic carbocycles. The first-order valence-electron chi connectivity index (χ1n) is 5.43. The highest BCUT2D eigenvalue weighted by Crippen LogP contribution is 2.15. The predicted molar refractivity (Wildman–Crippen MR) is 65.2 cm³/mol. The van der Waals surface area contributed by atoms with Crippen LogP contribution in [0.25, 0.3) is 0 Å². The van der Waals surface area contributed by atoms with Crippen LogP contribution in [-0.4, -0.2) is 19.1 Å². The van der Waals surface area contributed by atoms with Crippen LogP contribution in [0.4, 0.5) is 4.79 Å². The number of rotatable bonds is 5. The van der Waals surface area contributed by atoms with E-state index in [2.05, 4.69) is 36.6 Å². The number of carbonyl (C=O) groups excluding carboxylic acids is 1. The molecule has 0 aliphatic rings. The highest BCUT2D eigenvalue weighted by atomic mass is 16.2. The van der Waals surface area contributed by atoms with Gasteiger partial charge < -0.3 is 16.4 Å². The van der Waals surface area contributed by atoms with Crippen LogP contribution in [0.3, 0.4) is 0 Å². The Hall–Kier alpha value is -1.55. The largest absolute Gasteiger partial charge is 0.352 e. The van der Waals surface area contributed by atoms with Gasteiger partial charge in [-0.15, -0.1) is 0 Å². The molecule has 0 saturated carbocycles. The Balaban J connectivity index is 2.38. The lowest BCUT2D eigenvalue weighted by atomic mass is 10.0. The number of amides is 2. The first-order valence-corrected chi connectivity index (χ1v) is 5.43. The third-order valence-corrected chi connectivity index (χ3v) is 2.53. The van der Waals surface area contributed by atoms with Crippen molar-refractivity contribution in [3.8, 4) is 0 Å². The zero-order chi connectivity index (χ0) is 12.0. The number of nitrogens with one attached hydrogen (secondary N) is 2. The molecule has 4 nitrogen and oxygen atoms in total. The van der Waals surface area contributed by atoms with Crippen molar-refractivity contribution in [2.75, 3.05) is 13.1 Å². The summed E-state index contributed by atoms with van der Waals surface area (Å²) in [5, 5.41) is 5.87. The number of hydrogen-bond acceptors (Lipinski definition) is 2. The van der Waals surface area contributed by atoms with E-state index in [0.29, 0.717) is 13.1 Å². The summed E-state index contributed by atoms with van der Waals surface area (Å²) >= 11 is 0. The summed E-state index contributed by atoms with van der Waals surface area (Å²) in [7, 11) is 0. The summed E-state index contributed by atoms with van der Waals surface area (Å²) in [6.45, 7) is 5.45. The van der Waals surface area contributed by atoms with Gasteiger partial charge in [0.15, 0.2) is 0 Å². The quantitative estimate of drug-likeness (QED) is 0.656. The van der Waals surface area contributed by atoms with Crippen LogP contribution in [0.1, 0.15) is 24.1 Å². The molecule has 4 heteroatoms. The van der Waals surface area contributed by atoms with E-state index < -0.39 is 6.03 Å². The molecule has 0 spiro atoms. The molecule has 0 heterocycles. The minimum atomic E-state index is -0.481. The minimum Gasteiger partial charge on any atom is -0.352 e. The molecule has 0 aliphatic carbocycles. The molecule has 0 aliphatic heterocycles. The second-order valence-electron chi connectivity index (χ2n) is 3.82. The minimum absolute atomic E-state index is 0.274. The fraction of sp³-hybridized carbons (Fsp3) is 0.417. The lowest BCUT2D eigenvalue weighted by Crippen LogP contribution is -2.36. The summed E-state index contributed by atoms with van der Waals surface area (Å²) in [4.78, 5) is 10.5. The summed E-state index contributed by atoms with van der Waals surface area (Å²) in [6, 6.07) is 8.05. The van der Waals surface area contributed by atoms with E-state index in [1.807, 2.05) is 12.1 Å². The molecule has 2 amide bonds. The van der Waals surface area contributed by atoms with E-state index >= 15 is 0 Å². The molecular weight excluding hydrogens is 202 g/mol. The lowest BCUT2D eigenvalue weighted by molar-refractivity contribution is 0.249. The van der Waals surface area contributed by atoms with Crippen LogP contribution in [0, 0.1) is 6.92 Å². The standard InChI is InChI=1S/C12H19N3O/c1-9-5-3-4-6-11(9)10(2)14-7-8-15-12(13)16/h3-6,10,14H,7-8H2,1-2H3,(H3,13,15,16). The Labute approximate surface area is 96.2 Å². The summed E-state index contributed by atoms with van der Waals surface area (Å²) in [5.41, 5.74) is 7.51. The number of carbonyl (C=O) groups is 1. The molecule has 16 heavy (non-hydrogen) atoms. The fourth-order valence-electron chi connectivity index (χ4n) is 1.66. The van der Waals surface area contributed by atoms with Crippen LogP contribution in [0.15, 0.2) is 24.3 Å². The Morgan fingerprint density at radius 1 is 1.38 bits per heavy atom. The van der Waals surface area contributed by atoms with Gasteiger partial charge in [-0.25, -0.2) is 4.79 Å². The Morgan fingerprint density at radius 3 is 2.69 bits per heavy atom. The maximum atomic E-state index is 10.5. The summed E-state index contributed by atoms with van der Waals surface area (Å²) in [6.07, 6.45) is 0. The van der Waals surface area contributed by atoms with E-state index in [1.165, 1.54) is 11.1 Å². The number of urea groups is 1. The number of hydrogen-bond donors (Lipinski definition) is 3. The van der Waals surface area contributed by atoms with Crippen LogP contribution in [-0.2, 0) is 0 Å². The van der Waals surface area contributed by atoms with E-state index in [4.69, 9.17) is 5.73 Å². The second kappa shape index (κ2) is 6.12. The van der Waals surface area contributed by atoms with Crippen molar-refractivity contribution in [2.24, 2.45) is 5.73 Å². The predicted octanol–water partition coefficient (Wildman–Crippen LogP) is 1.31. The topological polar surface area (TPSA) is 67.2 Å². The maximum absolute atomic E-state index is 10.5. The molecule has 88 valence electrons. The van der Waals surface area contributed by atoms with Crippen LogP contribution >= 0.6 is 0 Å². The van der Waals surface area contributed by atoms with Crippen molar-refractivity contribution in [1.29, 1.82) is 0 Å². The van der Waals surface area contributed by atoms with Crippen molar-refractivity contribution in [3.63, 3.8) is 0 Å². The molecule has 0 saturated heterocycles. The zero-order valence-corrected chi connectivity index (χ0v) is 9.79. The van der Waals surface area contributed by atoms with E-state index in [9.17, 15) is 4.79 Å². The Kier molecular flexibility index (Phi) is 4.79. The zero-order valence-electron chi connectivity index (χ0n) is 9.79. The van der Waals surface area contributed by atoms with Crippen molar-refractivity contribution in [1.82, 2.24) is 10.6 Å². The van der Waals surface area contributed by atoms with E-state index in [1.54, 1.807) is 0 Å². The highest BCUT2D eigenvalue weighted by molar-refractivity contribution is 5.71. The number of primary amides is 1. The normalized spacial score (nSPS) is 12.1. The highest BCUT2D eigenvalue weighted by Gasteiger charge is 2.06. The van der Waals surface area contributed by atoms with Crippen molar-refractivity contribution in [3.05, 3.63) is 35.4 Å². The third-order valence-electron chi connectivity index (χ3n) is 2.53. The van der Waals surface area contributed by atoms with Gasteiger partial charge in [0.1, 0.15) is 0 Å². The molecule has 0 bridgehead atoms. The van der Waals surface area contributed by atoms with Gasteiger partial charge in [0, 0.05) is 19.1 Å². The van der Waals surface area contributed by atoms with Crippen LogP contribution < -0.4 is 16.4 Å². The van der Waals surface area contributed by atoms with Gasteiger partial charge >= 0.3 is 6.03 Å². The first-order chi connectivity index (χ1) is 7.61. The summed E-state index contributed by atoms with van der Waals surface area (Å²) in [5.74, 6) is 0. The number of aryl methyl sites for hydroxylation is 1. The average Bonchev–Trinajstić information content (AvgIpc) is 2.24. The van der Waals surface area contributed by atoms with E-state index in [0.717, 1.165) is 0 Å². The van der Waals surface area contributed by atoms with Crippen LogP contribution in [0.2, 0.25) is 0 Å². The molecule has 1 unspecified atom stereocenters. The first kappa shape index (κ1) is 12.5. The lowest BCUT2D eigenvalue weighted by Gasteiger charge is -2.16. The van der Waals surface area contributed by atoms with Gasteiger partial charge in [0.2, 0.25) is 0 Å². The smallest absolute Gasteiger partial charge is 0.312 e. The molecule has 1 atom stereocenters. The number of nitrogens with two attached hydrogens (primary N) is 1. The van der Waals surface area contributed by atoms with Crippen molar-refractivity contribution < 1.29 is 4.79 Å². The van der Waals surface area contributed by atoms with E-state index in [-0.39, 0.29) is 6.04 Å². The fourth-order valence-corrected chi connectivity index (χ4v) is 1.66. The average molecular weight is 221 g/mol. The second-order valence-corrected chi connectivity index (χ2v) is 3.82. The third kappa shape index (κ3) is 3.90. The number of benzene rings is 1. The SMILES string of the molecule is Cc1ccccc1C(C)NCCNC(N)=O. The van der Waals surface area contributed by atoms with Crippen molar-refractivity contribution >= 4 is 6.03 Å². The molecule has 4 N–H and O–H groups in total. The monoisotopic (exact) mass is 221 g/mol. The molecule has 1 aromatic rings. The Morgan fingerprint density at radius 2 is 2.06 bits per heavy atom.